The van der Waals surface area contributed by atoms with Crippen LogP contribution < -0.4 is 24.8 Å². The monoisotopic (exact) mass is 803 g/mol. The fourth-order valence-electron chi connectivity index (χ4n) is 7.12. The lowest BCUT2D eigenvalue weighted by Gasteiger charge is -2.36. The summed E-state index contributed by atoms with van der Waals surface area (Å²) >= 11 is 0. The highest BCUT2D eigenvalue weighted by atomic mass is 32.2. The first-order valence-corrected chi connectivity index (χ1v) is 20.7. The number of likely N-dealkylation sites (tertiary alicyclic amines) is 1. The van der Waals surface area contributed by atoms with Crippen molar-refractivity contribution < 1.29 is 41.8 Å². The molecule has 0 spiro atoms. The van der Waals surface area contributed by atoms with Crippen molar-refractivity contribution in [3.8, 4) is 22.8 Å². The third-order valence-corrected chi connectivity index (χ3v) is 12.8. The second kappa shape index (κ2) is 15.3. The number of hydrogen-bond donors (Lipinski definition) is 3. The normalized spacial score (nSPS) is 20.2. The van der Waals surface area contributed by atoms with Gasteiger partial charge < -0.3 is 29.7 Å². The molecule has 0 radical (unpaired) electrons. The molecule has 3 aromatic rings. The van der Waals surface area contributed by atoms with Crippen LogP contribution in [0.15, 0.2) is 67.3 Å². The predicted molar refractivity (Wildman–Crippen MR) is 215 cm³/mol. The maximum absolute atomic E-state index is 14.6. The number of carbonyl (C=O) groups excluding carboxylic acids is 4. The molecule has 3 N–H and O–H groups in total. The van der Waals surface area contributed by atoms with Crippen molar-refractivity contribution in [2.24, 2.45) is 5.41 Å². The van der Waals surface area contributed by atoms with Crippen molar-refractivity contribution in [1.29, 1.82) is 0 Å². The van der Waals surface area contributed by atoms with Gasteiger partial charge in [-0.3, -0.25) is 19.1 Å². The van der Waals surface area contributed by atoms with Crippen molar-refractivity contribution in [1.82, 2.24) is 25.2 Å². The minimum Gasteiger partial charge on any atom is -0.497 e. The molecule has 3 atom stereocenters. The summed E-state index contributed by atoms with van der Waals surface area (Å²) in [6, 6.07) is 14.5. The number of amides is 4. The molecule has 2 heterocycles. The van der Waals surface area contributed by atoms with E-state index in [2.05, 4.69) is 21.9 Å². The first kappa shape index (κ1) is 41.5. The van der Waals surface area contributed by atoms with E-state index in [1.54, 1.807) is 60.8 Å². The Morgan fingerprint density at radius 1 is 1.00 bits per heavy atom. The van der Waals surface area contributed by atoms with E-state index < -0.39 is 73.3 Å². The number of nitrogens with one attached hydrogen (secondary N) is 3. The van der Waals surface area contributed by atoms with Crippen LogP contribution in [0.25, 0.3) is 22.2 Å². The fourth-order valence-corrected chi connectivity index (χ4v) is 8.75. The third-order valence-electron chi connectivity index (χ3n) is 10.6. The number of allylic oxidation sites excluding steroid dienone is 1. The van der Waals surface area contributed by atoms with Gasteiger partial charge in [0.1, 0.15) is 40.8 Å². The summed E-state index contributed by atoms with van der Waals surface area (Å²) in [5, 5.41) is 6.21. The number of sulfonamides is 1. The Kier molecular flexibility index (Phi) is 11.1. The van der Waals surface area contributed by atoms with Crippen molar-refractivity contribution >= 4 is 44.7 Å². The Bertz CT molecular complexity index is 2170. The molecule has 57 heavy (non-hydrogen) atoms. The molecule has 4 amide bonds. The van der Waals surface area contributed by atoms with Gasteiger partial charge in [-0.1, -0.05) is 57.2 Å². The summed E-state index contributed by atoms with van der Waals surface area (Å²) in [7, 11) is -2.48. The van der Waals surface area contributed by atoms with E-state index in [0.717, 1.165) is 5.56 Å². The fraction of sp³-hybridized carbons (Fsp3) is 0.500. The second-order valence-electron chi connectivity index (χ2n) is 17.4. The molecule has 1 aliphatic heterocycles. The average Bonchev–Trinajstić information content (AvgIpc) is 4.06. The number of aromatic nitrogens is 1. The Morgan fingerprint density at radius 2 is 1.68 bits per heavy atom. The van der Waals surface area contributed by atoms with Crippen LogP contribution in [0.1, 0.15) is 80.1 Å². The van der Waals surface area contributed by atoms with E-state index in [1.165, 1.54) is 11.0 Å². The molecule has 1 saturated heterocycles. The van der Waals surface area contributed by atoms with Gasteiger partial charge in [0.15, 0.2) is 0 Å². The maximum Gasteiger partial charge on any atom is 0.408 e. The molecule has 2 aromatic carbocycles. The number of pyridine rings is 1. The first-order valence-electron chi connectivity index (χ1n) is 19.2. The van der Waals surface area contributed by atoms with Crippen LogP contribution in [0, 0.1) is 5.41 Å². The molecule has 1 aromatic heterocycles. The Morgan fingerprint density at radius 3 is 2.26 bits per heavy atom. The van der Waals surface area contributed by atoms with Crippen LogP contribution in [0.3, 0.4) is 0 Å². The largest absolute Gasteiger partial charge is 0.497 e. The lowest BCUT2D eigenvalue weighted by Crippen LogP contribution is -2.60. The number of nitrogens with zero attached hydrogens (tertiary/aromatic N) is 2. The quantitative estimate of drug-likeness (QED) is 0.189. The first-order chi connectivity index (χ1) is 26.7. The number of hydrogen-bond acceptors (Lipinski definition) is 10. The SMILES string of the molecule is C=CCC1(S(=O)(=O)NC(=O)C2(NC(=O)C3CC(Oc4cc(-c5ccccc5)nc5cc(OC)ccc45)CN3C(=O)C(NC(=O)OC(C)(C)C)C(C)(C)C)CC2)CC1. The Hall–Kier alpha value is -5.18. The van der Waals surface area contributed by atoms with Gasteiger partial charge >= 0.3 is 6.09 Å². The topological polar surface area (TPSA) is 182 Å². The van der Waals surface area contributed by atoms with Crippen molar-refractivity contribution in [2.75, 3.05) is 13.7 Å². The lowest BCUT2D eigenvalue weighted by atomic mass is 9.85. The van der Waals surface area contributed by atoms with Crippen LogP contribution in [-0.2, 0) is 29.1 Å². The van der Waals surface area contributed by atoms with Crippen molar-refractivity contribution in [2.45, 2.75) is 114 Å². The summed E-state index contributed by atoms with van der Waals surface area (Å²) < 4.78 is 45.3. The zero-order chi connectivity index (χ0) is 41.6. The van der Waals surface area contributed by atoms with Gasteiger partial charge in [-0.15, -0.1) is 6.58 Å². The van der Waals surface area contributed by atoms with Gasteiger partial charge in [-0.05, 0) is 70.4 Å². The molecule has 2 aliphatic carbocycles. The number of alkyl carbamates (subject to hydrolysis) is 1. The molecular weight excluding hydrogens is 751 g/mol. The Balaban J connectivity index is 1.31. The summed E-state index contributed by atoms with van der Waals surface area (Å²) in [5.74, 6) is -0.945. The molecule has 3 aliphatic rings. The van der Waals surface area contributed by atoms with Crippen molar-refractivity contribution in [3.63, 3.8) is 0 Å². The van der Waals surface area contributed by atoms with Crippen LogP contribution >= 0.6 is 0 Å². The molecule has 3 fully saturated rings. The smallest absolute Gasteiger partial charge is 0.408 e. The minimum atomic E-state index is -4.05. The summed E-state index contributed by atoms with van der Waals surface area (Å²) in [4.78, 5) is 61.9. The average molecular weight is 804 g/mol. The zero-order valence-electron chi connectivity index (χ0n) is 33.6. The number of fused-ring (bicyclic) bond motifs is 1. The van der Waals surface area contributed by atoms with Crippen molar-refractivity contribution in [3.05, 3.63) is 67.3 Å². The van der Waals surface area contributed by atoms with E-state index in [0.29, 0.717) is 40.9 Å². The van der Waals surface area contributed by atoms with Crippen LogP contribution in [0.5, 0.6) is 11.5 Å². The van der Waals surface area contributed by atoms with E-state index in [-0.39, 0.29) is 32.2 Å². The highest BCUT2D eigenvalue weighted by molar-refractivity contribution is 7.91. The number of benzene rings is 2. The van der Waals surface area contributed by atoms with Crippen LogP contribution in [0.4, 0.5) is 4.79 Å². The number of carbonyl (C=O) groups is 4. The predicted octanol–water partition coefficient (Wildman–Crippen LogP) is 5.40. The maximum atomic E-state index is 14.6. The lowest BCUT2D eigenvalue weighted by molar-refractivity contribution is -0.143. The van der Waals surface area contributed by atoms with E-state index in [9.17, 15) is 27.6 Å². The summed E-state index contributed by atoms with van der Waals surface area (Å²) in [6.07, 6.45) is 1.48. The summed E-state index contributed by atoms with van der Waals surface area (Å²) in [5.41, 5.74) is -1.03. The van der Waals surface area contributed by atoms with Gasteiger partial charge in [-0.25, -0.2) is 18.2 Å². The highest BCUT2D eigenvalue weighted by Gasteiger charge is 2.59. The molecule has 3 unspecified atom stereocenters. The number of ether oxygens (including phenoxy) is 3. The van der Waals surface area contributed by atoms with Crippen LogP contribution in [-0.4, -0.2) is 89.8 Å². The Labute approximate surface area is 334 Å². The van der Waals surface area contributed by atoms with Gasteiger partial charge in [0.2, 0.25) is 21.8 Å². The molecular formula is C42H53N5O9S. The van der Waals surface area contributed by atoms with Gasteiger partial charge in [0.25, 0.3) is 5.91 Å². The molecule has 6 rings (SSSR count). The molecule has 14 nitrogen and oxygen atoms in total. The third kappa shape index (κ3) is 9.03. The molecule has 2 saturated carbocycles. The summed E-state index contributed by atoms with van der Waals surface area (Å²) in [6.45, 7) is 14.1. The van der Waals surface area contributed by atoms with E-state index in [1.807, 2.05) is 42.5 Å². The number of methoxy groups -OCH3 is 1. The standard InChI is InChI=1S/C42H53N5O9S/c1-9-17-41(18-19-41)57(52,53)46-37(50)42(20-21-42)45-35(48)32-23-28(25-47(32)36(49)34(39(2,3)4)44-38(51)56-40(5,6)7)55-33-24-30(26-13-11-10-12-14-26)43-31-22-27(54-8)15-16-29(31)33/h9-16,22,24,28,32,34H,1,17-21,23,25H2,2-8H3,(H,44,51)(H,45,48)(H,46,50). The molecule has 0 bridgehead atoms. The second-order valence-corrected chi connectivity index (χ2v) is 19.4. The number of rotatable bonds is 13. The minimum absolute atomic E-state index is 0.0277. The molecule has 15 heteroatoms. The van der Waals surface area contributed by atoms with Gasteiger partial charge in [0, 0.05) is 29.5 Å². The van der Waals surface area contributed by atoms with Gasteiger partial charge in [0.05, 0.1) is 29.6 Å². The van der Waals surface area contributed by atoms with Gasteiger partial charge in [-0.2, -0.15) is 0 Å². The van der Waals surface area contributed by atoms with Crippen LogP contribution in [0.2, 0.25) is 0 Å². The molecule has 306 valence electrons. The van der Waals surface area contributed by atoms with E-state index in [4.69, 9.17) is 19.2 Å². The zero-order valence-corrected chi connectivity index (χ0v) is 34.5. The van der Waals surface area contributed by atoms with E-state index >= 15 is 0 Å². The highest BCUT2D eigenvalue weighted by Crippen LogP contribution is 2.47.